The van der Waals surface area contributed by atoms with Gasteiger partial charge in [0.2, 0.25) is 0 Å². The van der Waals surface area contributed by atoms with Crippen LogP contribution in [0.5, 0.6) is 0 Å². The van der Waals surface area contributed by atoms with Gasteiger partial charge in [0, 0.05) is 18.2 Å². The number of likely N-dealkylation sites (tertiary alicyclic amines) is 1. The van der Waals surface area contributed by atoms with E-state index in [2.05, 4.69) is 61.8 Å². The first-order valence-electron chi connectivity index (χ1n) is 7.74. The Morgan fingerprint density at radius 3 is 2.65 bits per heavy atom. The molecule has 2 atom stereocenters. The Kier molecular flexibility index (Phi) is 3.38. The van der Waals surface area contributed by atoms with Crippen LogP contribution in [-0.2, 0) is 0 Å². The zero-order chi connectivity index (χ0) is 14.2. The van der Waals surface area contributed by atoms with Crippen molar-refractivity contribution in [1.29, 1.82) is 0 Å². The number of benzene rings is 1. The van der Waals surface area contributed by atoms with Gasteiger partial charge in [0.15, 0.2) is 0 Å². The lowest BCUT2D eigenvalue weighted by atomic mass is 9.65. The van der Waals surface area contributed by atoms with Gasteiger partial charge < -0.3 is 0 Å². The fraction of sp³-hybridized carbons (Fsp3) is 0.579. The third kappa shape index (κ3) is 2.91. The van der Waals surface area contributed by atoms with Gasteiger partial charge >= 0.3 is 0 Å². The molecule has 1 aliphatic heterocycles. The highest BCUT2D eigenvalue weighted by Crippen LogP contribution is 2.52. The van der Waals surface area contributed by atoms with Crippen molar-refractivity contribution in [3.05, 3.63) is 35.9 Å². The summed E-state index contributed by atoms with van der Waals surface area (Å²) in [5.74, 6) is 6.67. The molecule has 0 aromatic heterocycles. The molecule has 1 nitrogen and oxygen atoms in total. The Hall–Kier alpha value is -1.26. The van der Waals surface area contributed by atoms with Crippen molar-refractivity contribution < 1.29 is 0 Å². The monoisotopic (exact) mass is 267 g/mol. The number of hydrogen-bond acceptors (Lipinski definition) is 1. The zero-order valence-electron chi connectivity index (χ0n) is 12.9. The van der Waals surface area contributed by atoms with Crippen LogP contribution in [0, 0.1) is 22.7 Å². The first-order chi connectivity index (χ1) is 9.46. The van der Waals surface area contributed by atoms with Crippen LogP contribution < -0.4 is 0 Å². The molecule has 0 N–H and O–H groups in total. The van der Waals surface area contributed by atoms with Crippen molar-refractivity contribution in [3.8, 4) is 11.8 Å². The van der Waals surface area contributed by atoms with Crippen molar-refractivity contribution >= 4 is 0 Å². The van der Waals surface area contributed by atoms with Crippen LogP contribution in [0.4, 0.5) is 0 Å². The van der Waals surface area contributed by atoms with Crippen LogP contribution in [0.15, 0.2) is 30.3 Å². The summed E-state index contributed by atoms with van der Waals surface area (Å²) in [6, 6.07) is 11.1. The molecule has 1 aromatic rings. The summed E-state index contributed by atoms with van der Waals surface area (Å²) in [6.45, 7) is 9.47. The van der Waals surface area contributed by atoms with E-state index in [-0.39, 0.29) is 0 Å². The van der Waals surface area contributed by atoms with Gasteiger partial charge in [-0.15, -0.1) is 0 Å². The Morgan fingerprint density at radius 2 is 1.90 bits per heavy atom. The van der Waals surface area contributed by atoms with E-state index in [1.54, 1.807) is 0 Å². The van der Waals surface area contributed by atoms with Crippen LogP contribution in [0.3, 0.4) is 0 Å². The van der Waals surface area contributed by atoms with Gasteiger partial charge in [-0.1, -0.05) is 50.8 Å². The highest BCUT2D eigenvalue weighted by Gasteiger charge is 2.49. The van der Waals surface area contributed by atoms with Crippen LogP contribution in [-0.4, -0.2) is 24.0 Å². The molecule has 0 spiro atoms. The molecule has 1 aliphatic carbocycles. The Bertz CT molecular complexity index is 534. The van der Waals surface area contributed by atoms with Crippen LogP contribution in [0.1, 0.15) is 45.6 Å². The molecule has 0 radical (unpaired) electrons. The molecule has 0 amide bonds. The molecule has 1 heteroatoms. The van der Waals surface area contributed by atoms with Crippen molar-refractivity contribution in [1.82, 2.24) is 4.90 Å². The lowest BCUT2D eigenvalue weighted by molar-refractivity contribution is 0.129. The van der Waals surface area contributed by atoms with E-state index < -0.39 is 0 Å². The Morgan fingerprint density at radius 1 is 1.15 bits per heavy atom. The van der Waals surface area contributed by atoms with E-state index in [9.17, 15) is 0 Å². The highest BCUT2D eigenvalue weighted by atomic mass is 15.2. The fourth-order valence-electron chi connectivity index (χ4n) is 4.53. The minimum Gasteiger partial charge on any atom is -0.289 e. The second kappa shape index (κ2) is 4.93. The van der Waals surface area contributed by atoms with Crippen molar-refractivity contribution in [2.75, 3.05) is 13.1 Å². The lowest BCUT2D eigenvalue weighted by Crippen LogP contribution is -2.34. The smallest absolute Gasteiger partial charge is 0.0607 e. The Labute approximate surface area is 123 Å². The maximum Gasteiger partial charge on any atom is 0.0607 e. The van der Waals surface area contributed by atoms with E-state index >= 15 is 0 Å². The molecule has 1 aromatic carbocycles. The van der Waals surface area contributed by atoms with Gasteiger partial charge in [-0.05, 0) is 42.2 Å². The standard InChI is InChI=1S/C19H25N/c1-18(2)12-17-13-19(3,14-18)15-20(17)11-7-10-16-8-5-4-6-9-16/h4-6,8-9,17H,11-15H2,1-3H3/t17-,19-/m0/s1. The van der Waals surface area contributed by atoms with Gasteiger partial charge in [-0.2, -0.15) is 0 Å². The summed E-state index contributed by atoms with van der Waals surface area (Å²) < 4.78 is 0. The molecule has 1 saturated carbocycles. The maximum absolute atomic E-state index is 3.38. The van der Waals surface area contributed by atoms with Crippen molar-refractivity contribution in [2.24, 2.45) is 10.8 Å². The molecule has 3 rings (SSSR count). The van der Waals surface area contributed by atoms with Crippen molar-refractivity contribution in [2.45, 2.75) is 46.1 Å². The van der Waals surface area contributed by atoms with Crippen LogP contribution in [0.2, 0.25) is 0 Å². The molecule has 1 saturated heterocycles. The summed E-state index contributed by atoms with van der Waals surface area (Å²) in [7, 11) is 0. The summed E-state index contributed by atoms with van der Waals surface area (Å²) in [4.78, 5) is 2.62. The average molecular weight is 267 g/mol. The van der Waals surface area contributed by atoms with Gasteiger partial charge in [-0.3, -0.25) is 4.90 Å². The zero-order valence-corrected chi connectivity index (χ0v) is 12.9. The average Bonchev–Trinajstić information content (AvgIpc) is 2.60. The second-order valence-electron chi connectivity index (χ2n) is 7.79. The Balaban J connectivity index is 1.67. The third-order valence-electron chi connectivity index (χ3n) is 4.81. The van der Waals surface area contributed by atoms with Gasteiger partial charge in [0.05, 0.1) is 6.54 Å². The largest absolute Gasteiger partial charge is 0.289 e. The fourth-order valence-corrected chi connectivity index (χ4v) is 4.53. The van der Waals surface area contributed by atoms with Gasteiger partial charge in [-0.25, -0.2) is 0 Å². The third-order valence-corrected chi connectivity index (χ3v) is 4.81. The number of nitrogens with zero attached hydrogens (tertiary/aromatic N) is 1. The van der Waals surface area contributed by atoms with E-state index in [0.29, 0.717) is 10.8 Å². The quantitative estimate of drug-likeness (QED) is 0.697. The van der Waals surface area contributed by atoms with E-state index in [0.717, 1.165) is 18.2 Å². The lowest BCUT2D eigenvalue weighted by Gasteiger charge is -2.39. The first kappa shape index (κ1) is 13.7. The second-order valence-corrected chi connectivity index (χ2v) is 7.79. The van der Waals surface area contributed by atoms with Crippen molar-refractivity contribution in [3.63, 3.8) is 0 Å². The summed E-state index contributed by atoms with van der Waals surface area (Å²) >= 11 is 0. The summed E-state index contributed by atoms with van der Waals surface area (Å²) in [5, 5.41) is 0. The molecule has 0 unspecified atom stereocenters. The number of hydrogen-bond donors (Lipinski definition) is 0. The number of fused-ring (bicyclic) bond motifs is 2. The molecule has 1 heterocycles. The normalized spacial score (nSPS) is 31.6. The predicted molar refractivity (Wildman–Crippen MR) is 84.4 cm³/mol. The predicted octanol–water partition coefficient (Wildman–Crippen LogP) is 3.94. The van der Waals surface area contributed by atoms with E-state index in [1.165, 1.54) is 25.8 Å². The van der Waals surface area contributed by atoms with Crippen LogP contribution >= 0.6 is 0 Å². The topological polar surface area (TPSA) is 3.24 Å². The molecular weight excluding hydrogens is 242 g/mol. The van der Waals surface area contributed by atoms with E-state index in [4.69, 9.17) is 0 Å². The molecule has 2 bridgehead atoms. The molecular formula is C19H25N. The van der Waals surface area contributed by atoms with Gasteiger partial charge in [0.1, 0.15) is 0 Å². The molecule has 2 fully saturated rings. The van der Waals surface area contributed by atoms with Gasteiger partial charge in [0.25, 0.3) is 0 Å². The molecule has 20 heavy (non-hydrogen) atoms. The minimum atomic E-state index is 0.499. The maximum atomic E-state index is 3.38. The molecule has 106 valence electrons. The summed E-state index contributed by atoms with van der Waals surface area (Å²) in [6.07, 6.45) is 4.05. The van der Waals surface area contributed by atoms with Crippen LogP contribution in [0.25, 0.3) is 0 Å². The first-order valence-corrected chi connectivity index (χ1v) is 7.74. The number of rotatable bonds is 1. The highest BCUT2D eigenvalue weighted by molar-refractivity contribution is 5.33. The SMILES string of the molecule is CC1(C)C[C@H]2C[C@](C)(CN2CC#Cc2ccccc2)C1. The minimum absolute atomic E-state index is 0.499. The van der Waals surface area contributed by atoms with E-state index in [1.807, 2.05) is 6.07 Å². The summed E-state index contributed by atoms with van der Waals surface area (Å²) in [5.41, 5.74) is 2.14. The molecule has 2 aliphatic rings.